The monoisotopic (exact) mass is 290 g/mol. The highest BCUT2D eigenvalue weighted by Crippen LogP contribution is 2.21. The van der Waals surface area contributed by atoms with Gasteiger partial charge in [-0.2, -0.15) is 0 Å². The van der Waals surface area contributed by atoms with Crippen LogP contribution in [0.5, 0.6) is 0 Å². The van der Waals surface area contributed by atoms with E-state index in [0.29, 0.717) is 5.41 Å². The lowest BCUT2D eigenvalue weighted by atomic mass is 9.89. The van der Waals surface area contributed by atoms with E-state index in [2.05, 4.69) is 65.0 Å². The van der Waals surface area contributed by atoms with Gasteiger partial charge in [-0.25, -0.2) is 0 Å². The van der Waals surface area contributed by atoms with E-state index < -0.39 is 0 Å². The first-order valence-electron chi connectivity index (χ1n) is 9.03. The second kappa shape index (κ2) is 12.9. The maximum atomic E-state index is 2.29. The van der Waals surface area contributed by atoms with E-state index in [1.54, 1.807) is 0 Å². The summed E-state index contributed by atoms with van der Waals surface area (Å²) >= 11 is 0. The van der Waals surface area contributed by atoms with Gasteiger partial charge in [-0.05, 0) is 23.8 Å². The van der Waals surface area contributed by atoms with Gasteiger partial charge in [-0.15, -0.1) is 0 Å². The zero-order chi connectivity index (χ0) is 16.0. The van der Waals surface area contributed by atoms with Crippen molar-refractivity contribution in [3.05, 3.63) is 35.9 Å². The van der Waals surface area contributed by atoms with Crippen LogP contribution in [0.3, 0.4) is 0 Å². The molecule has 0 heterocycles. The number of rotatable bonds is 8. The first-order valence-corrected chi connectivity index (χ1v) is 9.03. The molecule has 1 aromatic rings. The maximum absolute atomic E-state index is 2.29. The van der Waals surface area contributed by atoms with E-state index in [1.165, 1.54) is 63.4 Å². The van der Waals surface area contributed by atoms with Crippen LogP contribution in [0, 0.1) is 5.41 Å². The summed E-state index contributed by atoms with van der Waals surface area (Å²) in [7, 11) is 0. The minimum absolute atomic E-state index is 0.454. The Balaban J connectivity index is 0.000000400. The normalized spacial score (nSPS) is 10.9. The average molecular weight is 291 g/mol. The quantitative estimate of drug-likeness (QED) is 0.437. The zero-order valence-electron chi connectivity index (χ0n) is 15.3. The van der Waals surface area contributed by atoms with Gasteiger partial charge in [-0.1, -0.05) is 110 Å². The Bertz CT molecular complexity index is 299. The Morgan fingerprint density at radius 1 is 0.714 bits per heavy atom. The second-order valence-electron chi connectivity index (χ2n) is 7.31. The number of aryl methyl sites for hydroxylation is 1. The SMILES string of the molecule is CC(C)(C)CCc1ccccc1.CCCCCCCCC. The first kappa shape index (κ1) is 20.2. The van der Waals surface area contributed by atoms with Crippen molar-refractivity contribution >= 4 is 0 Å². The molecular weight excluding hydrogens is 252 g/mol. The molecule has 1 rings (SSSR count). The third kappa shape index (κ3) is 15.4. The van der Waals surface area contributed by atoms with E-state index >= 15 is 0 Å². The Kier molecular flexibility index (Phi) is 12.4. The fourth-order valence-electron chi connectivity index (χ4n) is 2.19. The van der Waals surface area contributed by atoms with Crippen LogP contribution in [-0.4, -0.2) is 0 Å². The van der Waals surface area contributed by atoms with Gasteiger partial charge >= 0.3 is 0 Å². The fourth-order valence-corrected chi connectivity index (χ4v) is 2.19. The van der Waals surface area contributed by atoms with Gasteiger partial charge < -0.3 is 0 Å². The van der Waals surface area contributed by atoms with Crippen molar-refractivity contribution < 1.29 is 0 Å². The highest BCUT2D eigenvalue weighted by molar-refractivity contribution is 5.14. The maximum Gasteiger partial charge on any atom is -0.0274 e. The molecule has 0 atom stereocenters. The van der Waals surface area contributed by atoms with Crippen LogP contribution in [0.1, 0.15) is 91.5 Å². The molecule has 0 saturated carbocycles. The molecule has 0 amide bonds. The zero-order valence-corrected chi connectivity index (χ0v) is 15.3. The molecule has 0 saturated heterocycles. The fraction of sp³-hybridized carbons (Fsp3) is 0.714. The van der Waals surface area contributed by atoms with Crippen LogP contribution in [0.2, 0.25) is 0 Å². The molecule has 0 spiro atoms. The van der Waals surface area contributed by atoms with Crippen molar-refractivity contribution in [2.24, 2.45) is 5.41 Å². The smallest absolute Gasteiger partial charge is 0.0274 e. The summed E-state index contributed by atoms with van der Waals surface area (Å²) in [5, 5.41) is 0. The Labute approximate surface area is 134 Å². The summed E-state index contributed by atoms with van der Waals surface area (Å²) in [6.07, 6.45) is 12.4. The lowest BCUT2D eigenvalue weighted by Crippen LogP contribution is -2.06. The van der Waals surface area contributed by atoms with E-state index in [-0.39, 0.29) is 0 Å². The molecule has 0 aromatic heterocycles. The topological polar surface area (TPSA) is 0 Å². The molecule has 0 heteroatoms. The van der Waals surface area contributed by atoms with Crippen molar-refractivity contribution in [1.82, 2.24) is 0 Å². The lowest BCUT2D eigenvalue weighted by Gasteiger charge is -2.17. The van der Waals surface area contributed by atoms with Crippen LogP contribution in [-0.2, 0) is 6.42 Å². The summed E-state index contributed by atoms with van der Waals surface area (Å²) < 4.78 is 0. The molecule has 0 bridgehead atoms. The molecule has 0 aliphatic carbocycles. The van der Waals surface area contributed by atoms with Crippen molar-refractivity contribution in [2.75, 3.05) is 0 Å². The molecule has 21 heavy (non-hydrogen) atoms. The van der Waals surface area contributed by atoms with Crippen molar-refractivity contribution in [3.63, 3.8) is 0 Å². The number of unbranched alkanes of at least 4 members (excludes halogenated alkanes) is 6. The highest BCUT2D eigenvalue weighted by atomic mass is 14.1. The minimum Gasteiger partial charge on any atom is -0.0654 e. The van der Waals surface area contributed by atoms with Crippen LogP contribution in [0.25, 0.3) is 0 Å². The molecule has 122 valence electrons. The summed E-state index contributed by atoms with van der Waals surface area (Å²) in [6.45, 7) is 11.4. The van der Waals surface area contributed by atoms with E-state index in [9.17, 15) is 0 Å². The third-order valence-corrected chi connectivity index (χ3v) is 3.71. The van der Waals surface area contributed by atoms with Crippen molar-refractivity contribution in [1.29, 1.82) is 0 Å². The summed E-state index contributed by atoms with van der Waals surface area (Å²) in [4.78, 5) is 0. The average Bonchev–Trinajstić information content (AvgIpc) is 2.46. The van der Waals surface area contributed by atoms with Crippen molar-refractivity contribution in [3.8, 4) is 0 Å². The number of hydrogen-bond acceptors (Lipinski definition) is 0. The van der Waals surface area contributed by atoms with Crippen molar-refractivity contribution in [2.45, 2.75) is 92.4 Å². The molecule has 0 nitrogen and oxygen atoms in total. The van der Waals surface area contributed by atoms with Gasteiger partial charge in [0.2, 0.25) is 0 Å². The standard InChI is InChI=1S/C12H18.C9H20/c1-12(2,3)10-9-11-7-5-4-6-8-11;1-3-5-7-9-8-6-4-2/h4-8H,9-10H2,1-3H3;3-9H2,1-2H3. The van der Waals surface area contributed by atoms with Gasteiger partial charge in [0, 0.05) is 0 Å². The van der Waals surface area contributed by atoms with E-state index in [1.807, 2.05) is 0 Å². The highest BCUT2D eigenvalue weighted by Gasteiger charge is 2.09. The van der Waals surface area contributed by atoms with E-state index in [0.717, 1.165) is 0 Å². The Morgan fingerprint density at radius 2 is 1.19 bits per heavy atom. The summed E-state index contributed by atoms with van der Waals surface area (Å²) in [6, 6.07) is 10.7. The largest absolute Gasteiger partial charge is 0.0654 e. The van der Waals surface area contributed by atoms with E-state index in [4.69, 9.17) is 0 Å². The molecule has 0 fully saturated rings. The van der Waals surface area contributed by atoms with Crippen LogP contribution in [0.15, 0.2) is 30.3 Å². The molecule has 0 unspecified atom stereocenters. The van der Waals surface area contributed by atoms with Gasteiger partial charge in [0.25, 0.3) is 0 Å². The summed E-state index contributed by atoms with van der Waals surface area (Å²) in [5.41, 5.74) is 1.91. The Hall–Kier alpha value is -0.780. The third-order valence-electron chi connectivity index (χ3n) is 3.71. The predicted molar refractivity (Wildman–Crippen MR) is 97.9 cm³/mol. The summed E-state index contributed by atoms with van der Waals surface area (Å²) in [5.74, 6) is 0. The van der Waals surface area contributed by atoms with Crippen LogP contribution >= 0.6 is 0 Å². The minimum atomic E-state index is 0.454. The van der Waals surface area contributed by atoms with Crippen LogP contribution < -0.4 is 0 Å². The van der Waals surface area contributed by atoms with Gasteiger partial charge in [0.05, 0.1) is 0 Å². The Morgan fingerprint density at radius 3 is 1.62 bits per heavy atom. The van der Waals surface area contributed by atoms with Crippen LogP contribution in [0.4, 0.5) is 0 Å². The molecule has 0 N–H and O–H groups in total. The molecule has 0 aliphatic rings. The molecule has 0 radical (unpaired) electrons. The number of benzene rings is 1. The first-order chi connectivity index (χ1) is 9.99. The molecule has 0 aliphatic heterocycles. The second-order valence-corrected chi connectivity index (χ2v) is 7.31. The van der Waals surface area contributed by atoms with Gasteiger partial charge in [-0.3, -0.25) is 0 Å². The molecule has 1 aromatic carbocycles. The van der Waals surface area contributed by atoms with Gasteiger partial charge in [0.15, 0.2) is 0 Å². The lowest BCUT2D eigenvalue weighted by molar-refractivity contribution is 0.378. The number of hydrogen-bond donors (Lipinski definition) is 0. The predicted octanol–water partition coefficient (Wildman–Crippen LogP) is 7.42. The van der Waals surface area contributed by atoms with Gasteiger partial charge in [0.1, 0.15) is 0 Å². The molecular formula is C21H38.